The monoisotopic (exact) mass is 413 g/mol. The van der Waals surface area contributed by atoms with Crippen LogP contribution in [0.25, 0.3) is 12.2 Å². The van der Waals surface area contributed by atoms with Gasteiger partial charge in [-0.3, -0.25) is 14.6 Å². The number of anilines is 1. The average Bonchev–Trinajstić information content (AvgIpc) is 2.78. The molecule has 2 aromatic carbocycles. The number of benzene rings is 2. The van der Waals surface area contributed by atoms with Gasteiger partial charge >= 0.3 is 0 Å². The maximum Gasteiger partial charge on any atom is 0.262 e. The summed E-state index contributed by atoms with van der Waals surface area (Å²) in [7, 11) is 0. The molecule has 148 valence electrons. The number of thioether (sulfide) groups is 1. The fourth-order valence-corrected chi connectivity index (χ4v) is 3.83. The summed E-state index contributed by atoms with van der Waals surface area (Å²) in [5.74, 6) is -0.271. The minimum absolute atomic E-state index is 0.104. The van der Waals surface area contributed by atoms with Gasteiger partial charge in [-0.25, -0.2) is 0 Å². The van der Waals surface area contributed by atoms with Crippen LogP contribution in [0.2, 0.25) is 0 Å². The van der Waals surface area contributed by atoms with E-state index in [4.69, 9.17) is 0 Å². The molecule has 5 nitrogen and oxygen atoms in total. The Balaban J connectivity index is 1.37. The fraction of sp³-hybridized carbons (Fsp3) is 0.0417. The summed E-state index contributed by atoms with van der Waals surface area (Å²) >= 11 is 1.46. The number of nitrogens with one attached hydrogen (secondary N) is 2. The quantitative estimate of drug-likeness (QED) is 0.605. The van der Waals surface area contributed by atoms with Crippen molar-refractivity contribution in [3.8, 4) is 0 Å². The van der Waals surface area contributed by atoms with Crippen LogP contribution in [0.4, 0.5) is 5.69 Å². The number of carbonyl (C=O) groups is 2. The van der Waals surface area contributed by atoms with Crippen molar-refractivity contribution in [1.29, 1.82) is 0 Å². The van der Waals surface area contributed by atoms with Crippen LogP contribution in [0, 0.1) is 0 Å². The Hall–Kier alpha value is -3.64. The van der Waals surface area contributed by atoms with Crippen LogP contribution in [-0.4, -0.2) is 16.8 Å². The molecule has 2 N–H and O–H groups in total. The molecule has 0 unspecified atom stereocenters. The zero-order valence-corrected chi connectivity index (χ0v) is 16.9. The Morgan fingerprint density at radius 2 is 1.83 bits per heavy atom. The molecule has 0 saturated carbocycles. The molecule has 0 aliphatic carbocycles. The highest BCUT2D eigenvalue weighted by Gasteiger charge is 2.20. The molecule has 0 atom stereocenters. The van der Waals surface area contributed by atoms with E-state index < -0.39 is 0 Å². The van der Waals surface area contributed by atoms with E-state index in [0.29, 0.717) is 11.4 Å². The van der Waals surface area contributed by atoms with Gasteiger partial charge in [0.05, 0.1) is 10.6 Å². The minimum atomic E-state index is -0.168. The van der Waals surface area contributed by atoms with Gasteiger partial charge in [-0.2, -0.15) is 0 Å². The van der Waals surface area contributed by atoms with Crippen LogP contribution in [0.5, 0.6) is 0 Å². The van der Waals surface area contributed by atoms with Crippen LogP contribution in [0.15, 0.2) is 88.9 Å². The summed E-state index contributed by atoms with van der Waals surface area (Å²) in [6.07, 6.45) is 8.55. The molecular weight excluding hydrogens is 394 g/mol. The second kappa shape index (κ2) is 9.24. The number of para-hydroxylation sites is 1. The van der Waals surface area contributed by atoms with Crippen molar-refractivity contribution < 1.29 is 9.59 Å². The fourth-order valence-electron chi connectivity index (χ4n) is 2.88. The summed E-state index contributed by atoms with van der Waals surface area (Å²) in [5.41, 5.74) is 3.61. The van der Waals surface area contributed by atoms with E-state index in [1.165, 1.54) is 17.8 Å². The first-order chi connectivity index (χ1) is 14.7. The van der Waals surface area contributed by atoms with Gasteiger partial charge in [-0.05, 0) is 47.0 Å². The predicted molar refractivity (Wildman–Crippen MR) is 120 cm³/mol. The lowest BCUT2D eigenvalue weighted by molar-refractivity contribution is -0.116. The third-order valence-electron chi connectivity index (χ3n) is 4.43. The Labute approximate surface area is 178 Å². The molecular formula is C24H19N3O2S. The topological polar surface area (TPSA) is 71.1 Å². The molecule has 0 radical (unpaired) electrons. The van der Waals surface area contributed by atoms with Crippen molar-refractivity contribution >= 4 is 41.4 Å². The number of aromatic nitrogens is 1. The summed E-state index contributed by atoms with van der Waals surface area (Å²) in [6.45, 7) is 0.437. The molecule has 2 heterocycles. The number of pyridine rings is 1. The lowest BCUT2D eigenvalue weighted by Crippen LogP contribution is -2.20. The maximum atomic E-state index is 12.3. The molecule has 0 fully saturated rings. The highest BCUT2D eigenvalue weighted by atomic mass is 32.2. The predicted octanol–water partition coefficient (Wildman–Crippen LogP) is 4.50. The molecule has 30 heavy (non-hydrogen) atoms. The number of hydrogen-bond acceptors (Lipinski definition) is 4. The lowest BCUT2D eigenvalue weighted by Gasteiger charge is -2.18. The summed E-state index contributed by atoms with van der Waals surface area (Å²) in [6, 6.07) is 19.2. The van der Waals surface area contributed by atoms with Gasteiger partial charge in [0, 0.05) is 29.9 Å². The van der Waals surface area contributed by atoms with Crippen molar-refractivity contribution in [2.45, 2.75) is 11.4 Å². The first-order valence-corrected chi connectivity index (χ1v) is 10.2. The first kappa shape index (κ1) is 19.7. The van der Waals surface area contributed by atoms with Gasteiger partial charge in [-0.15, -0.1) is 0 Å². The SMILES string of the molecule is O=C(/C=C/c1ccc(C=C2Sc3ccccc3NC2=O)cc1)NCc1cccnc1. The standard InChI is InChI=1S/C24H19N3O2S/c28-23(26-16-19-4-3-13-25-15-19)12-11-17-7-9-18(10-8-17)14-22-24(29)27-20-5-1-2-6-21(20)30-22/h1-15H,16H2,(H,26,28)(H,27,29)/b12-11+,22-14?. The highest BCUT2D eigenvalue weighted by Crippen LogP contribution is 2.38. The Kier molecular flexibility index (Phi) is 6.06. The Morgan fingerprint density at radius 1 is 1.03 bits per heavy atom. The van der Waals surface area contributed by atoms with E-state index in [2.05, 4.69) is 15.6 Å². The van der Waals surface area contributed by atoms with Gasteiger partial charge in [0.25, 0.3) is 5.91 Å². The number of amides is 2. The molecule has 0 spiro atoms. The van der Waals surface area contributed by atoms with Crippen molar-refractivity contribution in [1.82, 2.24) is 10.3 Å². The van der Waals surface area contributed by atoms with E-state index in [1.807, 2.05) is 66.7 Å². The van der Waals surface area contributed by atoms with Crippen molar-refractivity contribution in [2.24, 2.45) is 0 Å². The average molecular weight is 414 g/mol. The van der Waals surface area contributed by atoms with Gasteiger partial charge in [0.2, 0.25) is 5.91 Å². The van der Waals surface area contributed by atoms with E-state index in [1.54, 1.807) is 18.5 Å². The van der Waals surface area contributed by atoms with Gasteiger partial charge in [-0.1, -0.05) is 54.2 Å². The number of carbonyl (C=O) groups excluding carboxylic acids is 2. The third-order valence-corrected chi connectivity index (χ3v) is 5.53. The number of rotatable bonds is 5. The molecule has 3 aromatic rings. The molecule has 1 aliphatic heterocycles. The van der Waals surface area contributed by atoms with Crippen molar-refractivity contribution in [3.05, 3.63) is 101 Å². The third kappa shape index (κ3) is 5.04. The molecule has 1 aliphatic rings. The Morgan fingerprint density at radius 3 is 2.63 bits per heavy atom. The molecule has 4 rings (SSSR count). The maximum absolute atomic E-state index is 12.3. The molecule has 0 saturated heterocycles. The first-order valence-electron chi connectivity index (χ1n) is 9.42. The van der Waals surface area contributed by atoms with E-state index in [9.17, 15) is 9.59 Å². The van der Waals surface area contributed by atoms with E-state index >= 15 is 0 Å². The normalized spacial score (nSPS) is 14.4. The van der Waals surface area contributed by atoms with E-state index in [-0.39, 0.29) is 11.8 Å². The van der Waals surface area contributed by atoms with Crippen molar-refractivity contribution in [3.63, 3.8) is 0 Å². The van der Waals surface area contributed by atoms with Crippen LogP contribution in [-0.2, 0) is 16.1 Å². The van der Waals surface area contributed by atoms with Crippen LogP contribution in [0.3, 0.4) is 0 Å². The highest BCUT2D eigenvalue weighted by molar-refractivity contribution is 8.04. The molecule has 2 amide bonds. The van der Waals surface area contributed by atoms with Crippen LogP contribution in [0.1, 0.15) is 16.7 Å². The summed E-state index contributed by atoms with van der Waals surface area (Å²) in [5, 5.41) is 5.74. The van der Waals surface area contributed by atoms with E-state index in [0.717, 1.165) is 27.3 Å². The summed E-state index contributed by atoms with van der Waals surface area (Å²) in [4.78, 5) is 30.0. The minimum Gasteiger partial charge on any atom is -0.348 e. The second-order valence-corrected chi connectivity index (χ2v) is 7.72. The van der Waals surface area contributed by atoms with Crippen LogP contribution < -0.4 is 10.6 Å². The molecule has 6 heteroatoms. The lowest BCUT2D eigenvalue weighted by atomic mass is 10.1. The van der Waals surface area contributed by atoms with Crippen molar-refractivity contribution in [2.75, 3.05) is 5.32 Å². The second-order valence-electron chi connectivity index (χ2n) is 6.64. The Bertz CT molecular complexity index is 1120. The number of fused-ring (bicyclic) bond motifs is 1. The molecule has 0 bridgehead atoms. The van der Waals surface area contributed by atoms with Crippen LogP contribution >= 0.6 is 11.8 Å². The zero-order chi connectivity index (χ0) is 20.8. The van der Waals surface area contributed by atoms with Gasteiger partial charge < -0.3 is 10.6 Å². The van der Waals surface area contributed by atoms with Gasteiger partial charge in [0.15, 0.2) is 0 Å². The van der Waals surface area contributed by atoms with Gasteiger partial charge in [0.1, 0.15) is 0 Å². The largest absolute Gasteiger partial charge is 0.348 e. The number of nitrogens with zero attached hydrogens (tertiary/aromatic N) is 1. The summed E-state index contributed by atoms with van der Waals surface area (Å²) < 4.78 is 0. The smallest absolute Gasteiger partial charge is 0.262 e. The zero-order valence-electron chi connectivity index (χ0n) is 16.0. The molecule has 1 aromatic heterocycles. The number of hydrogen-bond donors (Lipinski definition) is 2.